The number of carboxylic acids is 1. The molecule has 0 fully saturated rings. The zero-order chi connectivity index (χ0) is 16.1. The summed E-state index contributed by atoms with van der Waals surface area (Å²) in [6.45, 7) is 3.91. The lowest BCUT2D eigenvalue weighted by atomic mass is 10.2. The minimum atomic E-state index is -1.30. The van der Waals surface area contributed by atoms with E-state index in [1.54, 1.807) is 13.0 Å². The number of rotatable bonds is 5. The average molecular weight is 300 g/mol. The van der Waals surface area contributed by atoms with Gasteiger partial charge in [-0.1, -0.05) is 35.9 Å². The van der Waals surface area contributed by atoms with E-state index in [0.29, 0.717) is 0 Å². The van der Waals surface area contributed by atoms with Gasteiger partial charge in [-0.2, -0.15) is 0 Å². The molecular formula is C17H16O5. The van der Waals surface area contributed by atoms with Gasteiger partial charge in [-0.3, -0.25) is 4.79 Å². The number of allylic oxidation sites excluding steroid dienone is 1. The number of ether oxygens (including phenoxy) is 1. The second-order valence-corrected chi connectivity index (χ2v) is 4.75. The number of hydrogen-bond donors (Lipinski definition) is 1. The normalized spacial score (nSPS) is 10.8. The standard InChI is InChI=1S/C17H16O5/c1-3-4-14-16(13(18)9-15(22-14)17(19)20)21-10-12-7-5-11(2)6-8-12/h3-9H,10H2,1-2H3,(H,19,20)/b4-3-. The molecule has 0 saturated carbocycles. The summed E-state index contributed by atoms with van der Waals surface area (Å²) < 4.78 is 10.7. The topological polar surface area (TPSA) is 76.7 Å². The van der Waals surface area contributed by atoms with Crippen molar-refractivity contribution in [1.82, 2.24) is 0 Å². The third-order valence-corrected chi connectivity index (χ3v) is 2.96. The van der Waals surface area contributed by atoms with Gasteiger partial charge in [-0.25, -0.2) is 4.79 Å². The lowest BCUT2D eigenvalue weighted by Crippen LogP contribution is -2.12. The van der Waals surface area contributed by atoms with E-state index in [1.165, 1.54) is 6.08 Å². The Morgan fingerprint density at radius 3 is 2.59 bits per heavy atom. The average Bonchev–Trinajstić information content (AvgIpc) is 2.48. The first-order valence-corrected chi connectivity index (χ1v) is 6.73. The van der Waals surface area contributed by atoms with Crippen LogP contribution >= 0.6 is 0 Å². The molecule has 1 heterocycles. The van der Waals surface area contributed by atoms with Crippen LogP contribution < -0.4 is 10.2 Å². The van der Waals surface area contributed by atoms with Gasteiger partial charge in [-0.05, 0) is 25.5 Å². The molecular weight excluding hydrogens is 284 g/mol. The fraction of sp³-hybridized carbons (Fsp3) is 0.176. The Labute approximate surface area is 127 Å². The maximum Gasteiger partial charge on any atom is 0.371 e. The molecule has 22 heavy (non-hydrogen) atoms. The van der Waals surface area contributed by atoms with Crippen LogP contribution in [0.1, 0.15) is 34.4 Å². The molecule has 0 spiro atoms. The Morgan fingerprint density at radius 1 is 1.32 bits per heavy atom. The van der Waals surface area contributed by atoms with Crippen molar-refractivity contribution >= 4 is 12.0 Å². The van der Waals surface area contributed by atoms with Gasteiger partial charge in [-0.15, -0.1) is 0 Å². The maximum absolute atomic E-state index is 12.0. The van der Waals surface area contributed by atoms with Crippen LogP contribution in [0, 0.1) is 6.92 Å². The third-order valence-electron chi connectivity index (χ3n) is 2.96. The number of carboxylic acid groups (broad SMARTS) is 1. The summed E-state index contributed by atoms with van der Waals surface area (Å²) in [5.41, 5.74) is 1.51. The SMILES string of the molecule is C/C=C\c1oc(C(=O)O)cc(=O)c1OCc1ccc(C)cc1. The predicted molar refractivity (Wildman–Crippen MR) is 82.2 cm³/mol. The van der Waals surface area contributed by atoms with Crippen LogP contribution in [0.4, 0.5) is 0 Å². The summed E-state index contributed by atoms with van der Waals surface area (Å²) >= 11 is 0. The summed E-state index contributed by atoms with van der Waals surface area (Å²) in [6.07, 6.45) is 3.14. The van der Waals surface area contributed by atoms with Gasteiger partial charge < -0.3 is 14.3 Å². The van der Waals surface area contributed by atoms with Crippen LogP contribution in [-0.2, 0) is 6.61 Å². The number of aromatic carboxylic acids is 1. The molecule has 2 aromatic rings. The third kappa shape index (κ3) is 3.63. The summed E-state index contributed by atoms with van der Waals surface area (Å²) in [5, 5.41) is 8.93. The number of aryl methyl sites for hydroxylation is 1. The van der Waals surface area contributed by atoms with Crippen LogP contribution in [0.25, 0.3) is 6.08 Å². The molecule has 0 atom stereocenters. The Bertz CT molecular complexity index is 754. The first-order chi connectivity index (χ1) is 10.5. The summed E-state index contributed by atoms with van der Waals surface area (Å²) in [6, 6.07) is 8.61. The second-order valence-electron chi connectivity index (χ2n) is 4.75. The minimum absolute atomic E-state index is 0.00340. The quantitative estimate of drug-likeness (QED) is 0.917. The Hall–Kier alpha value is -2.82. The van der Waals surface area contributed by atoms with E-state index in [9.17, 15) is 9.59 Å². The van der Waals surface area contributed by atoms with E-state index in [4.69, 9.17) is 14.3 Å². The molecule has 0 aliphatic heterocycles. The smallest absolute Gasteiger partial charge is 0.371 e. The molecule has 5 nitrogen and oxygen atoms in total. The maximum atomic E-state index is 12.0. The van der Waals surface area contributed by atoms with E-state index in [2.05, 4.69) is 0 Å². The van der Waals surface area contributed by atoms with Gasteiger partial charge >= 0.3 is 5.97 Å². The van der Waals surface area contributed by atoms with Gasteiger partial charge in [0.05, 0.1) is 0 Å². The van der Waals surface area contributed by atoms with Gasteiger partial charge in [0.25, 0.3) is 0 Å². The second kappa shape index (κ2) is 6.76. The Balaban J connectivity index is 2.31. The van der Waals surface area contributed by atoms with Gasteiger partial charge in [0.1, 0.15) is 6.61 Å². The Morgan fingerprint density at radius 2 is 2.00 bits per heavy atom. The molecule has 1 aromatic heterocycles. The van der Waals surface area contributed by atoms with Gasteiger partial charge in [0.2, 0.25) is 16.9 Å². The fourth-order valence-corrected chi connectivity index (χ4v) is 1.85. The largest absolute Gasteiger partial charge is 0.481 e. The summed E-state index contributed by atoms with van der Waals surface area (Å²) in [5.74, 6) is -1.61. The van der Waals surface area contributed by atoms with Crippen molar-refractivity contribution < 1.29 is 19.1 Å². The first kappa shape index (κ1) is 15.6. The van der Waals surface area contributed by atoms with E-state index in [0.717, 1.165) is 17.2 Å². The minimum Gasteiger partial charge on any atom is -0.481 e. The highest BCUT2D eigenvalue weighted by molar-refractivity contribution is 5.84. The fourth-order valence-electron chi connectivity index (χ4n) is 1.85. The van der Waals surface area contributed by atoms with Crippen LogP contribution in [0.3, 0.4) is 0 Å². The zero-order valence-electron chi connectivity index (χ0n) is 12.3. The van der Waals surface area contributed by atoms with E-state index in [-0.39, 0.29) is 18.1 Å². The highest BCUT2D eigenvalue weighted by atomic mass is 16.5. The number of benzene rings is 1. The highest BCUT2D eigenvalue weighted by Crippen LogP contribution is 2.19. The molecule has 0 aliphatic rings. The monoisotopic (exact) mass is 300 g/mol. The molecule has 0 saturated heterocycles. The molecule has 0 amide bonds. The van der Waals surface area contributed by atoms with Crippen molar-refractivity contribution in [3.05, 3.63) is 69.3 Å². The van der Waals surface area contributed by atoms with E-state index < -0.39 is 17.2 Å². The van der Waals surface area contributed by atoms with Crippen LogP contribution in [0.15, 0.2) is 45.6 Å². The van der Waals surface area contributed by atoms with E-state index >= 15 is 0 Å². The zero-order valence-corrected chi connectivity index (χ0v) is 12.3. The van der Waals surface area contributed by atoms with Crippen molar-refractivity contribution in [2.24, 2.45) is 0 Å². The molecule has 114 valence electrons. The van der Waals surface area contributed by atoms with Crippen molar-refractivity contribution in [2.75, 3.05) is 0 Å². The lowest BCUT2D eigenvalue weighted by Gasteiger charge is -2.08. The van der Waals surface area contributed by atoms with E-state index in [1.807, 2.05) is 31.2 Å². The highest BCUT2D eigenvalue weighted by Gasteiger charge is 2.15. The molecule has 1 N–H and O–H groups in total. The van der Waals surface area contributed by atoms with Crippen molar-refractivity contribution in [3.63, 3.8) is 0 Å². The van der Waals surface area contributed by atoms with Crippen LogP contribution in [0.5, 0.6) is 5.75 Å². The lowest BCUT2D eigenvalue weighted by molar-refractivity contribution is 0.0657. The van der Waals surface area contributed by atoms with Crippen molar-refractivity contribution in [2.45, 2.75) is 20.5 Å². The van der Waals surface area contributed by atoms with Gasteiger partial charge in [0, 0.05) is 6.07 Å². The molecule has 1 aromatic carbocycles. The molecule has 0 unspecified atom stereocenters. The van der Waals surface area contributed by atoms with Gasteiger partial charge in [0.15, 0.2) is 5.76 Å². The Kier molecular flexibility index (Phi) is 4.78. The van der Waals surface area contributed by atoms with Crippen molar-refractivity contribution in [3.8, 4) is 5.75 Å². The number of hydrogen-bond acceptors (Lipinski definition) is 4. The molecule has 0 bridgehead atoms. The predicted octanol–water partition coefficient (Wildman–Crippen LogP) is 3.26. The number of carbonyl (C=O) groups is 1. The molecule has 0 radical (unpaired) electrons. The summed E-state index contributed by atoms with van der Waals surface area (Å²) in [7, 11) is 0. The van der Waals surface area contributed by atoms with Crippen molar-refractivity contribution in [1.29, 1.82) is 0 Å². The molecule has 5 heteroatoms. The molecule has 2 rings (SSSR count). The van der Waals surface area contributed by atoms with Crippen LogP contribution in [0.2, 0.25) is 0 Å². The van der Waals surface area contributed by atoms with Crippen LogP contribution in [-0.4, -0.2) is 11.1 Å². The molecule has 0 aliphatic carbocycles. The first-order valence-electron chi connectivity index (χ1n) is 6.73. The summed E-state index contributed by atoms with van der Waals surface area (Å²) in [4.78, 5) is 23.0.